The van der Waals surface area contributed by atoms with Crippen molar-refractivity contribution >= 4 is 22.5 Å². The molecule has 0 saturated heterocycles. The third kappa shape index (κ3) is 2.80. The van der Waals surface area contributed by atoms with E-state index in [9.17, 15) is 4.79 Å². The highest BCUT2D eigenvalue weighted by molar-refractivity contribution is 6.13. The number of carbonyl (C=O) groups excluding carboxylic acids is 1. The summed E-state index contributed by atoms with van der Waals surface area (Å²) in [5.74, 6) is 2.10. The normalized spacial score (nSPS) is 19.5. The van der Waals surface area contributed by atoms with Gasteiger partial charge in [0.05, 0.1) is 0 Å². The molecule has 0 aliphatic carbocycles. The van der Waals surface area contributed by atoms with Crippen LogP contribution in [-0.4, -0.2) is 30.8 Å². The minimum atomic E-state index is -0.915. The summed E-state index contributed by atoms with van der Waals surface area (Å²) >= 11 is 0. The number of nitrogens with zero attached hydrogens (tertiary/aromatic N) is 1. The number of rotatable bonds is 5. The SMILES string of the molecule is CCCCCN1C(=O)C2(COc3cc4c(cc32)OCO4)c2c(-c3ccc4[nH]ccc4c3)cccc21. The van der Waals surface area contributed by atoms with Gasteiger partial charge in [-0.1, -0.05) is 38.0 Å². The number of hydrogen-bond acceptors (Lipinski definition) is 4. The maximum absolute atomic E-state index is 14.4. The first-order chi connectivity index (χ1) is 17.2. The molecule has 1 atom stereocenters. The molecule has 3 aromatic carbocycles. The zero-order valence-electron chi connectivity index (χ0n) is 19.6. The van der Waals surface area contributed by atoms with Crippen molar-refractivity contribution in [2.45, 2.75) is 31.6 Å². The van der Waals surface area contributed by atoms with Gasteiger partial charge in [-0.3, -0.25) is 4.79 Å². The summed E-state index contributed by atoms with van der Waals surface area (Å²) in [5, 5.41) is 1.14. The van der Waals surface area contributed by atoms with Gasteiger partial charge < -0.3 is 24.1 Å². The Kier molecular flexibility index (Phi) is 4.40. The Morgan fingerprint density at radius 1 is 0.971 bits per heavy atom. The zero-order chi connectivity index (χ0) is 23.6. The number of aromatic amines is 1. The molecule has 7 rings (SSSR count). The number of anilines is 1. The second kappa shape index (κ2) is 7.54. The van der Waals surface area contributed by atoms with Crippen molar-refractivity contribution in [2.24, 2.45) is 0 Å². The minimum absolute atomic E-state index is 0.0800. The predicted molar refractivity (Wildman–Crippen MR) is 134 cm³/mol. The summed E-state index contributed by atoms with van der Waals surface area (Å²) in [5.41, 5.74) is 5.19. The summed E-state index contributed by atoms with van der Waals surface area (Å²) < 4.78 is 17.5. The van der Waals surface area contributed by atoms with Crippen LogP contribution in [0.5, 0.6) is 17.2 Å². The molecule has 4 aromatic rings. The molecular formula is C29H26N2O4. The van der Waals surface area contributed by atoms with E-state index in [0.717, 1.165) is 58.1 Å². The van der Waals surface area contributed by atoms with Gasteiger partial charge in [0, 0.05) is 41.1 Å². The number of benzene rings is 3. The third-order valence-electron chi connectivity index (χ3n) is 7.60. The first-order valence-electron chi connectivity index (χ1n) is 12.3. The van der Waals surface area contributed by atoms with Crippen LogP contribution in [0.4, 0.5) is 5.69 Å². The lowest BCUT2D eigenvalue weighted by Gasteiger charge is -2.24. The lowest BCUT2D eigenvalue weighted by Crippen LogP contribution is -2.43. The smallest absolute Gasteiger partial charge is 0.245 e. The minimum Gasteiger partial charge on any atom is -0.491 e. The number of unbranched alkanes of at least 4 members (excludes halogenated alkanes) is 2. The van der Waals surface area contributed by atoms with Crippen LogP contribution >= 0.6 is 0 Å². The van der Waals surface area contributed by atoms with Gasteiger partial charge in [0.25, 0.3) is 0 Å². The van der Waals surface area contributed by atoms with E-state index in [2.05, 4.69) is 54.4 Å². The van der Waals surface area contributed by atoms with Crippen molar-refractivity contribution in [1.29, 1.82) is 0 Å². The molecule has 6 nitrogen and oxygen atoms in total. The highest BCUT2D eigenvalue weighted by Crippen LogP contribution is 2.57. The van der Waals surface area contributed by atoms with Gasteiger partial charge >= 0.3 is 0 Å². The van der Waals surface area contributed by atoms with E-state index in [1.54, 1.807) is 0 Å². The fourth-order valence-electron chi connectivity index (χ4n) is 5.89. The highest BCUT2D eigenvalue weighted by Gasteiger charge is 2.58. The van der Waals surface area contributed by atoms with Crippen molar-refractivity contribution < 1.29 is 19.0 Å². The van der Waals surface area contributed by atoms with Gasteiger partial charge in [-0.2, -0.15) is 0 Å². The zero-order valence-corrected chi connectivity index (χ0v) is 19.6. The Morgan fingerprint density at radius 2 is 1.86 bits per heavy atom. The van der Waals surface area contributed by atoms with Gasteiger partial charge in [0.15, 0.2) is 11.5 Å². The molecule has 1 N–H and O–H groups in total. The van der Waals surface area contributed by atoms with Gasteiger partial charge in [0.1, 0.15) is 17.8 Å². The molecule has 0 saturated carbocycles. The molecule has 4 heterocycles. The van der Waals surface area contributed by atoms with Gasteiger partial charge in [-0.05, 0) is 53.3 Å². The number of aromatic nitrogens is 1. The topological polar surface area (TPSA) is 63.8 Å². The molecule has 1 unspecified atom stereocenters. The molecular weight excluding hydrogens is 440 g/mol. The third-order valence-corrected chi connectivity index (χ3v) is 7.60. The lowest BCUT2D eigenvalue weighted by atomic mass is 9.74. The van der Waals surface area contributed by atoms with E-state index in [-0.39, 0.29) is 19.3 Å². The van der Waals surface area contributed by atoms with Crippen LogP contribution in [0.15, 0.2) is 60.8 Å². The summed E-state index contributed by atoms with van der Waals surface area (Å²) in [6, 6.07) is 18.6. The molecule has 0 radical (unpaired) electrons. The molecule has 3 aliphatic rings. The second-order valence-corrected chi connectivity index (χ2v) is 9.54. The Morgan fingerprint density at radius 3 is 2.74 bits per heavy atom. The highest BCUT2D eigenvalue weighted by atomic mass is 16.7. The summed E-state index contributed by atoms with van der Waals surface area (Å²) in [7, 11) is 0. The number of fused-ring (bicyclic) bond motifs is 6. The quantitative estimate of drug-likeness (QED) is 0.379. The predicted octanol–water partition coefficient (Wildman–Crippen LogP) is 5.78. The van der Waals surface area contributed by atoms with Crippen LogP contribution in [0, 0.1) is 0 Å². The Hall–Kier alpha value is -3.93. The fourth-order valence-corrected chi connectivity index (χ4v) is 5.89. The summed E-state index contributed by atoms with van der Waals surface area (Å²) in [6.07, 6.45) is 5.11. The Labute approximate surface area is 203 Å². The summed E-state index contributed by atoms with van der Waals surface area (Å²) in [4.78, 5) is 19.6. The number of amides is 1. The number of ether oxygens (including phenoxy) is 3. The average Bonchev–Trinajstić information content (AvgIpc) is 3.65. The number of nitrogens with one attached hydrogen (secondary N) is 1. The Bertz CT molecular complexity index is 1490. The molecule has 0 fully saturated rings. The molecule has 1 amide bonds. The van der Waals surface area contributed by atoms with Gasteiger partial charge in [-0.25, -0.2) is 0 Å². The van der Waals surface area contributed by atoms with E-state index < -0.39 is 5.41 Å². The second-order valence-electron chi connectivity index (χ2n) is 9.54. The van der Waals surface area contributed by atoms with Crippen LogP contribution in [0.3, 0.4) is 0 Å². The van der Waals surface area contributed by atoms with E-state index >= 15 is 0 Å². The van der Waals surface area contributed by atoms with Crippen LogP contribution in [0.2, 0.25) is 0 Å². The maximum Gasteiger partial charge on any atom is 0.245 e. The largest absolute Gasteiger partial charge is 0.491 e. The van der Waals surface area contributed by atoms with Crippen LogP contribution in [0.25, 0.3) is 22.0 Å². The first kappa shape index (κ1) is 20.4. The molecule has 35 heavy (non-hydrogen) atoms. The summed E-state index contributed by atoms with van der Waals surface area (Å²) in [6.45, 7) is 3.33. The average molecular weight is 467 g/mol. The van der Waals surface area contributed by atoms with Crippen molar-refractivity contribution in [3.05, 3.63) is 71.9 Å². The molecule has 3 aliphatic heterocycles. The van der Waals surface area contributed by atoms with Crippen LogP contribution in [0.1, 0.15) is 37.3 Å². The molecule has 1 spiro atoms. The van der Waals surface area contributed by atoms with E-state index in [0.29, 0.717) is 23.8 Å². The monoisotopic (exact) mass is 466 g/mol. The van der Waals surface area contributed by atoms with Crippen molar-refractivity contribution in [3.63, 3.8) is 0 Å². The Balaban J connectivity index is 1.46. The number of H-pyrrole nitrogens is 1. The molecule has 1 aromatic heterocycles. The van der Waals surface area contributed by atoms with Crippen LogP contribution in [-0.2, 0) is 10.2 Å². The molecule has 0 bridgehead atoms. The maximum atomic E-state index is 14.4. The van der Waals surface area contributed by atoms with Crippen molar-refractivity contribution in [3.8, 4) is 28.4 Å². The number of hydrogen-bond donors (Lipinski definition) is 1. The first-order valence-corrected chi connectivity index (χ1v) is 12.3. The van der Waals surface area contributed by atoms with Crippen LogP contribution < -0.4 is 19.1 Å². The van der Waals surface area contributed by atoms with Gasteiger partial charge in [0.2, 0.25) is 12.7 Å². The van der Waals surface area contributed by atoms with Crippen molar-refractivity contribution in [2.75, 3.05) is 24.8 Å². The number of carbonyl (C=O) groups is 1. The van der Waals surface area contributed by atoms with E-state index in [1.165, 1.54) is 0 Å². The molecule has 6 heteroatoms. The fraction of sp³-hybridized carbons (Fsp3) is 0.276. The van der Waals surface area contributed by atoms with Gasteiger partial charge in [-0.15, -0.1) is 0 Å². The molecule has 176 valence electrons. The standard InChI is InChI=1S/C29H26N2O4/c1-2-3-4-12-31-23-7-5-6-20(18-8-9-22-19(13-18)10-11-30-22)27(23)29(28(31)32)16-33-24-15-26-25(14-21(24)29)34-17-35-26/h5-11,13-15,30H,2-4,12,16-17H2,1H3. The van der Waals surface area contributed by atoms with E-state index in [1.807, 2.05) is 23.2 Å². The van der Waals surface area contributed by atoms with E-state index in [4.69, 9.17) is 14.2 Å². The van der Waals surface area contributed by atoms with Crippen molar-refractivity contribution in [1.82, 2.24) is 4.98 Å². The lowest BCUT2D eigenvalue weighted by molar-refractivity contribution is -0.122.